The molecule has 0 amide bonds. The minimum atomic E-state index is 0. The number of aliphatic imine (C=N–C) groups is 1. The van der Waals surface area contributed by atoms with Gasteiger partial charge in [-0.15, -0.1) is 24.0 Å². The van der Waals surface area contributed by atoms with E-state index in [2.05, 4.69) is 64.3 Å². The molecule has 0 radical (unpaired) electrons. The monoisotopic (exact) mass is 551 g/mol. The lowest BCUT2D eigenvalue weighted by Gasteiger charge is -2.36. The number of nitrogens with one attached hydrogen (secondary N) is 1. The van der Waals surface area contributed by atoms with E-state index in [9.17, 15) is 0 Å². The van der Waals surface area contributed by atoms with E-state index in [4.69, 9.17) is 14.5 Å². The van der Waals surface area contributed by atoms with E-state index >= 15 is 0 Å². The minimum absolute atomic E-state index is 0. The van der Waals surface area contributed by atoms with Gasteiger partial charge in [0.05, 0.1) is 32.9 Å². The molecule has 1 atom stereocenters. The summed E-state index contributed by atoms with van der Waals surface area (Å²) in [5.41, 5.74) is 3.66. The molecule has 2 fully saturated rings. The molecule has 174 valence electrons. The summed E-state index contributed by atoms with van der Waals surface area (Å²) in [6.45, 7) is 11.2. The van der Waals surface area contributed by atoms with E-state index < -0.39 is 0 Å². The zero-order valence-corrected chi connectivity index (χ0v) is 21.3. The molecule has 1 unspecified atom stereocenters. The third-order valence-electron chi connectivity index (χ3n) is 5.81. The van der Waals surface area contributed by atoms with Crippen LogP contribution in [0, 0.1) is 6.92 Å². The van der Waals surface area contributed by atoms with Crippen molar-refractivity contribution in [3.8, 4) is 0 Å². The maximum absolute atomic E-state index is 6.11. The second-order valence-corrected chi connectivity index (χ2v) is 7.92. The number of ether oxygens (including phenoxy) is 2. The van der Waals surface area contributed by atoms with Gasteiger partial charge >= 0.3 is 0 Å². The number of morpholine rings is 2. The van der Waals surface area contributed by atoms with Crippen LogP contribution in [0.1, 0.15) is 29.7 Å². The maximum Gasteiger partial charge on any atom is 0.194 e. The van der Waals surface area contributed by atoms with Gasteiger partial charge < -0.3 is 24.6 Å². The Morgan fingerprint density at radius 2 is 1.94 bits per heavy atom. The van der Waals surface area contributed by atoms with Crippen LogP contribution in [0.2, 0.25) is 0 Å². The molecule has 2 aliphatic rings. The molecule has 7 nitrogen and oxygen atoms in total. The first kappa shape index (κ1) is 24.7. The Kier molecular flexibility index (Phi) is 9.55. The third kappa shape index (κ3) is 6.11. The Hall–Kier alpha value is -1.91. The van der Waals surface area contributed by atoms with Gasteiger partial charge in [-0.3, -0.25) is 0 Å². The van der Waals surface area contributed by atoms with E-state index in [0.29, 0.717) is 13.2 Å². The zero-order valence-electron chi connectivity index (χ0n) is 19.0. The maximum atomic E-state index is 6.11. The highest BCUT2D eigenvalue weighted by molar-refractivity contribution is 14.0. The Labute approximate surface area is 208 Å². The highest BCUT2D eigenvalue weighted by atomic mass is 127. The number of pyridine rings is 1. The van der Waals surface area contributed by atoms with E-state index in [1.165, 1.54) is 11.1 Å². The fourth-order valence-electron chi connectivity index (χ4n) is 4.18. The quantitative estimate of drug-likeness (QED) is 0.350. The average Bonchev–Trinajstić information content (AvgIpc) is 2.83. The molecule has 0 spiro atoms. The average molecular weight is 551 g/mol. The lowest BCUT2D eigenvalue weighted by Crippen LogP contribution is -2.48. The number of rotatable bonds is 5. The Morgan fingerprint density at radius 1 is 1.12 bits per heavy atom. The number of hydrogen-bond donors (Lipinski definition) is 1. The summed E-state index contributed by atoms with van der Waals surface area (Å²) in [6.07, 6.45) is 1.92. The van der Waals surface area contributed by atoms with Crippen molar-refractivity contribution in [2.75, 3.05) is 57.4 Å². The van der Waals surface area contributed by atoms with Crippen molar-refractivity contribution >= 4 is 35.8 Å². The molecule has 0 saturated carbocycles. The first-order chi connectivity index (χ1) is 15.3. The SMILES string of the molecule is CCNC(=NCc1cccnc1N1CCOCC1)N1CCOC(c2ccccc2C)C1.I. The van der Waals surface area contributed by atoms with E-state index in [1.54, 1.807) is 0 Å². The van der Waals surface area contributed by atoms with Crippen LogP contribution in [-0.2, 0) is 16.0 Å². The molecule has 2 aromatic rings. The molecule has 0 bridgehead atoms. The molecule has 32 heavy (non-hydrogen) atoms. The number of halogens is 1. The molecule has 4 rings (SSSR count). The summed E-state index contributed by atoms with van der Waals surface area (Å²) < 4.78 is 11.6. The normalized spacial score (nSPS) is 19.4. The van der Waals surface area contributed by atoms with Gasteiger partial charge in [0.1, 0.15) is 11.9 Å². The van der Waals surface area contributed by atoms with Crippen LogP contribution in [0.15, 0.2) is 47.6 Å². The van der Waals surface area contributed by atoms with Crippen LogP contribution in [0.4, 0.5) is 5.82 Å². The highest BCUT2D eigenvalue weighted by Crippen LogP contribution is 2.25. The van der Waals surface area contributed by atoms with Gasteiger partial charge in [-0.05, 0) is 31.0 Å². The Balaban J connectivity index is 0.00000289. The largest absolute Gasteiger partial charge is 0.378 e. The summed E-state index contributed by atoms with van der Waals surface area (Å²) >= 11 is 0. The topological polar surface area (TPSA) is 62.2 Å². The summed E-state index contributed by atoms with van der Waals surface area (Å²) in [5.74, 6) is 1.95. The van der Waals surface area contributed by atoms with Gasteiger partial charge in [0.15, 0.2) is 5.96 Å². The van der Waals surface area contributed by atoms with Gasteiger partial charge in [0, 0.05) is 37.9 Å². The van der Waals surface area contributed by atoms with E-state index in [0.717, 1.165) is 63.3 Å². The van der Waals surface area contributed by atoms with Crippen LogP contribution >= 0.6 is 24.0 Å². The fourth-order valence-corrected chi connectivity index (χ4v) is 4.18. The molecule has 0 aliphatic carbocycles. The summed E-state index contributed by atoms with van der Waals surface area (Å²) in [5, 5.41) is 3.47. The molecule has 3 heterocycles. The predicted molar refractivity (Wildman–Crippen MR) is 139 cm³/mol. The highest BCUT2D eigenvalue weighted by Gasteiger charge is 2.25. The summed E-state index contributed by atoms with van der Waals surface area (Å²) in [6, 6.07) is 12.6. The second kappa shape index (κ2) is 12.4. The van der Waals surface area contributed by atoms with Crippen LogP contribution in [0.5, 0.6) is 0 Å². The number of hydrogen-bond acceptors (Lipinski definition) is 5. The first-order valence-corrected chi connectivity index (χ1v) is 11.2. The van der Waals surface area contributed by atoms with E-state index in [-0.39, 0.29) is 30.1 Å². The van der Waals surface area contributed by atoms with Crippen molar-refractivity contribution in [1.82, 2.24) is 15.2 Å². The molecule has 1 aromatic carbocycles. The van der Waals surface area contributed by atoms with Crippen LogP contribution in [0.3, 0.4) is 0 Å². The molecule has 1 aromatic heterocycles. The molecular weight excluding hydrogens is 517 g/mol. The van der Waals surface area contributed by atoms with Crippen molar-refractivity contribution in [3.63, 3.8) is 0 Å². The Morgan fingerprint density at radius 3 is 2.72 bits per heavy atom. The van der Waals surface area contributed by atoms with Gasteiger partial charge in [-0.2, -0.15) is 0 Å². The van der Waals surface area contributed by atoms with Crippen molar-refractivity contribution in [1.29, 1.82) is 0 Å². The van der Waals surface area contributed by atoms with Gasteiger partial charge in [-0.1, -0.05) is 30.3 Å². The van der Waals surface area contributed by atoms with E-state index in [1.807, 2.05) is 12.3 Å². The Bertz CT molecular complexity index is 888. The number of aromatic nitrogens is 1. The number of guanidine groups is 1. The second-order valence-electron chi connectivity index (χ2n) is 7.92. The first-order valence-electron chi connectivity index (χ1n) is 11.2. The van der Waals surface area contributed by atoms with Crippen molar-refractivity contribution < 1.29 is 9.47 Å². The molecule has 8 heteroatoms. The molecule has 1 N–H and O–H groups in total. The molecule has 2 saturated heterocycles. The summed E-state index contributed by atoms with van der Waals surface area (Å²) in [7, 11) is 0. The minimum Gasteiger partial charge on any atom is -0.378 e. The third-order valence-corrected chi connectivity index (χ3v) is 5.81. The predicted octanol–water partition coefficient (Wildman–Crippen LogP) is 3.38. The van der Waals surface area contributed by atoms with Gasteiger partial charge in [0.2, 0.25) is 0 Å². The van der Waals surface area contributed by atoms with Crippen LogP contribution in [0.25, 0.3) is 0 Å². The van der Waals surface area contributed by atoms with Gasteiger partial charge in [-0.25, -0.2) is 9.98 Å². The van der Waals surface area contributed by atoms with Crippen molar-refractivity contribution in [2.45, 2.75) is 26.5 Å². The summed E-state index contributed by atoms with van der Waals surface area (Å²) in [4.78, 5) is 14.2. The fraction of sp³-hybridized carbons (Fsp3) is 0.500. The van der Waals surface area contributed by atoms with Crippen LogP contribution < -0.4 is 10.2 Å². The van der Waals surface area contributed by atoms with Crippen molar-refractivity contribution in [3.05, 3.63) is 59.3 Å². The zero-order chi connectivity index (χ0) is 21.5. The lowest BCUT2D eigenvalue weighted by atomic mass is 10.0. The number of nitrogens with zero attached hydrogens (tertiary/aromatic N) is 4. The molecule has 2 aliphatic heterocycles. The number of benzene rings is 1. The number of aryl methyl sites for hydroxylation is 1. The van der Waals surface area contributed by atoms with Gasteiger partial charge in [0.25, 0.3) is 0 Å². The van der Waals surface area contributed by atoms with Crippen LogP contribution in [-0.4, -0.2) is 68.4 Å². The molecular formula is C24H34IN5O2. The smallest absolute Gasteiger partial charge is 0.194 e. The van der Waals surface area contributed by atoms with Crippen molar-refractivity contribution in [2.24, 2.45) is 4.99 Å². The number of anilines is 1. The standard InChI is InChI=1S/C24H33N5O2.HI/c1-3-25-24(29-13-16-31-22(18-29)21-9-5-4-7-19(21)2)27-17-20-8-6-10-26-23(20)28-11-14-30-15-12-28;/h4-10,22H,3,11-18H2,1-2H3,(H,25,27);1H. The lowest BCUT2D eigenvalue weighted by molar-refractivity contribution is -0.00834.